The van der Waals surface area contributed by atoms with Gasteiger partial charge in [-0.25, -0.2) is 0 Å². The molecular formula is C11H21NO2. The van der Waals surface area contributed by atoms with Crippen molar-refractivity contribution in [2.24, 2.45) is 5.92 Å². The van der Waals surface area contributed by atoms with E-state index in [1.165, 1.54) is 20.0 Å². The molecule has 0 spiro atoms. The zero-order valence-corrected chi connectivity index (χ0v) is 9.59. The minimum absolute atomic E-state index is 0.141. The largest absolute Gasteiger partial charge is 0.468 e. The monoisotopic (exact) mass is 199 g/mol. The van der Waals surface area contributed by atoms with Crippen molar-refractivity contribution in [2.45, 2.75) is 51.6 Å². The standard InChI is InChI=1S/C11H21NO2/c1-8(2)12-11(3,10(13)14-4)7-9-5-6-9/h8-9,12H,5-7H2,1-4H3. The number of nitrogens with one attached hydrogen (secondary N) is 1. The van der Waals surface area contributed by atoms with Crippen molar-refractivity contribution in [1.29, 1.82) is 0 Å². The Kier molecular flexibility index (Phi) is 3.53. The van der Waals surface area contributed by atoms with Gasteiger partial charge in [0.15, 0.2) is 0 Å². The average molecular weight is 199 g/mol. The second kappa shape index (κ2) is 4.30. The second-order valence-electron chi connectivity index (χ2n) is 4.77. The molecule has 0 heterocycles. The quantitative estimate of drug-likeness (QED) is 0.685. The molecule has 1 unspecified atom stereocenters. The van der Waals surface area contributed by atoms with E-state index >= 15 is 0 Å². The summed E-state index contributed by atoms with van der Waals surface area (Å²) in [7, 11) is 1.45. The molecule has 1 rings (SSSR count). The highest BCUT2D eigenvalue weighted by Crippen LogP contribution is 2.37. The first kappa shape index (κ1) is 11.5. The van der Waals surface area contributed by atoms with Crippen LogP contribution in [0.2, 0.25) is 0 Å². The van der Waals surface area contributed by atoms with Crippen LogP contribution in [-0.4, -0.2) is 24.7 Å². The maximum atomic E-state index is 11.6. The molecule has 1 saturated carbocycles. The molecular weight excluding hydrogens is 178 g/mol. The second-order valence-corrected chi connectivity index (χ2v) is 4.77. The van der Waals surface area contributed by atoms with Crippen LogP contribution in [0.3, 0.4) is 0 Å². The van der Waals surface area contributed by atoms with Crippen LogP contribution in [0.15, 0.2) is 0 Å². The summed E-state index contributed by atoms with van der Waals surface area (Å²) in [4.78, 5) is 11.6. The molecule has 0 saturated heterocycles. The highest BCUT2D eigenvalue weighted by atomic mass is 16.5. The van der Waals surface area contributed by atoms with E-state index in [4.69, 9.17) is 4.74 Å². The van der Waals surface area contributed by atoms with E-state index in [0.29, 0.717) is 12.0 Å². The molecule has 1 N–H and O–H groups in total. The summed E-state index contributed by atoms with van der Waals surface area (Å²) in [6.07, 6.45) is 3.41. The van der Waals surface area contributed by atoms with E-state index in [9.17, 15) is 4.79 Å². The summed E-state index contributed by atoms with van der Waals surface area (Å²) in [6, 6.07) is 0.304. The van der Waals surface area contributed by atoms with Gasteiger partial charge in [-0.05, 0) is 33.1 Å². The van der Waals surface area contributed by atoms with Gasteiger partial charge in [0.1, 0.15) is 5.54 Å². The predicted molar refractivity (Wildman–Crippen MR) is 56.0 cm³/mol. The average Bonchev–Trinajstić information content (AvgIpc) is 2.85. The lowest BCUT2D eigenvalue weighted by atomic mass is 9.94. The maximum Gasteiger partial charge on any atom is 0.325 e. The van der Waals surface area contributed by atoms with E-state index in [2.05, 4.69) is 5.32 Å². The molecule has 3 heteroatoms. The van der Waals surface area contributed by atoms with Crippen molar-refractivity contribution < 1.29 is 9.53 Å². The Morgan fingerprint density at radius 2 is 2.14 bits per heavy atom. The molecule has 3 nitrogen and oxygen atoms in total. The normalized spacial score (nSPS) is 20.6. The van der Waals surface area contributed by atoms with Crippen molar-refractivity contribution >= 4 is 5.97 Å². The summed E-state index contributed by atoms with van der Waals surface area (Å²) in [5.74, 6) is 0.573. The van der Waals surface area contributed by atoms with E-state index in [1.807, 2.05) is 20.8 Å². The molecule has 1 atom stereocenters. The Balaban J connectivity index is 2.60. The van der Waals surface area contributed by atoms with Crippen LogP contribution < -0.4 is 5.32 Å². The molecule has 14 heavy (non-hydrogen) atoms. The molecule has 0 radical (unpaired) electrons. The molecule has 1 aliphatic carbocycles. The Morgan fingerprint density at radius 1 is 1.57 bits per heavy atom. The van der Waals surface area contributed by atoms with Gasteiger partial charge in [-0.15, -0.1) is 0 Å². The Morgan fingerprint density at radius 3 is 2.50 bits per heavy atom. The van der Waals surface area contributed by atoms with E-state index in [0.717, 1.165) is 6.42 Å². The van der Waals surface area contributed by atoms with Crippen molar-refractivity contribution in [3.63, 3.8) is 0 Å². The number of methoxy groups -OCH3 is 1. The van der Waals surface area contributed by atoms with Crippen molar-refractivity contribution in [3.8, 4) is 0 Å². The number of rotatable bonds is 5. The Hall–Kier alpha value is -0.570. The highest BCUT2D eigenvalue weighted by molar-refractivity contribution is 5.80. The number of hydrogen-bond acceptors (Lipinski definition) is 3. The lowest BCUT2D eigenvalue weighted by molar-refractivity contribution is -0.148. The first-order valence-electron chi connectivity index (χ1n) is 5.34. The van der Waals surface area contributed by atoms with Crippen molar-refractivity contribution in [1.82, 2.24) is 5.32 Å². The fourth-order valence-corrected chi connectivity index (χ4v) is 1.96. The summed E-state index contributed by atoms with van der Waals surface area (Å²) in [5.41, 5.74) is -0.496. The van der Waals surface area contributed by atoms with Crippen molar-refractivity contribution in [3.05, 3.63) is 0 Å². The van der Waals surface area contributed by atoms with Crippen LogP contribution in [-0.2, 0) is 9.53 Å². The molecule has 1 fully saturated rings. The van der Waals surface area contributed by atoms with Crippen LogP contribution in [0.5, 0.6) is 0 Å². The third kappa shape index (κ3) is 2.98. The molecule has 0 aromatic heterocycles. The van der Waals surface area contributed by atoms with Gasteiger partial charge in [-0.1, -0.05) is 12.8 Å². The molecule has 0 bridgehead atoms. The Bertz CT molecular complexity index is 205. The lowest BCUT2D eigenvalue weighted by Crippen LogP contribution is -2.53. The zero-order chi connectivity index (χ0) is 10.8. The molecule has 0 aromatic rings. The third-order valence-electron chi connectivity index (χ3n) is 2.64. The predicted octanol–water partition coefficient (Wildman–Crippen LogP) is 1.72. The number of hydrogen-bond donors (Lipinski definition) is 1. The SMILES string of the molecule is COC(=O)C(C)(CC1CC1)NC(C)C. The van der Waals surface area contributed by atoms with E-state index in [-0.39, 0.29) is 5.97 Å². The summed E-state index contributed by atoms with van der Waals surface area (Å²) in [5, 5.41) is 3.30. The smallest absolute Gasteiger partial charge is 0.325 e. The number of carbonyl (C=O) groups excluding carboxylic acids is 1. The van der Waals surface area contributed by atoms with Gasteiger partial charge >= 0.3 is 5.97 Å². The molecule has 0 amide bonds. The van der Waals surface area contributed by atoms with E-state index in [1.54, 1.807) is 0 Å². The van der Waals surface area contributed by atoms with Gasteiger partial charge in [0, 0.05) is 6.04 Å². The van der Waals surface area contributed by atoms with Gasteiger partial charge in [0.05, 0.1) is 7.11 Å². The van der Waals surface area contributed by atoms with Gasteiger partial charge in [-0.2, -0.15) is 0 Å². The topological polar surface area (TPSA) is 38.3 Å². The molecule has 1 aliphatic rings. The van der Waals surface area contributed by atoms with Gasteiger partial charge in [0.2, 0.25) is 0 Å². The van der Waals surface area contributed by atoms with Gasteiger partial charge in [-0.3, -0.25) is 10.1 Å². The minimum Gasteiger partial charge on any atom is -0.468 e. The first-order valence-corrected chi connectivity index (χ1v) is 5.34. The number of esters is 1. The van der Waals surface area contributed by atoms with Gasteiger partial charge < -0.3 is 4.74 Å². The molecule has 82 valence electrons. The zero-order valence-electron chi connectivity index (χ0n) is 9.59. The number of ether oxygens (including phenoxy) is 1. The third-order valence-corrected chi connectivity index (χ3v) is 2.64. The summed E-state index contributed by atoms with van der Waals surface area (Å²) in [6.45, 7) is 6.04. The van der Waals surface area contributed by atoms with Crippen LogP contribution in [0.4, 0.5) is 0 Å². The molecule has 0 aliphatic heterocycles. The van der Waals surface area contributed by atoms with Crippen LogP contribution >= 0.6 is 0 Å². The summed E-state index contributed by atoms with van der Waals surface area (Å²) >= 11 is 0. The lowest BCUT2D eigenvalue weighted by Gasteiger charge is -2.30. The summed E-state index contributed by atoms with van der Waals surface area (Å²) < 4.78 is 4.84. The van der Waals surface area contributed by atoms with Crippen LogP contribution in [0.25, 0.3) is 0 Å². The fraction of sp³-hybridized carbons (Fsp3) is 0.909. The minimum atomic E-state index is -0.496. The highest BCUT2D eigenvalue weighted by Gasteiger charge is 2.40. The van der Waals surface area contributed by atoms with Gasteiger partial charge in [0.25, 0.3) is 0 Å². The Labute approximate surface area is 86.2 Å². The van der Waals surface area contributed by atoms with Crippen LogP contribution in [0.1, 0.15) is 40.0 Å². The first-order chi connectivity index (χ1) is 6.48. The van der Waals surface area contributed by atoms with Crippen molar-refractivity contribution in [2.75, 3.05) is 7.11 Å². The molecule has 0 aromatic carbocycles. The fourth-order valence-electron chi connectivity index (χ4n) is 1.96. The van der Waals surface area contributed by atoms with Crippen LogP contribution in [0, 0.1) is 5.92 Å². The number of carbonyl (C=O) groups is 1. The maximum absolute atomic E-state index is 11.6. The van der Waals surface area contributed by atoms with E-state index < -0.39 is 5.54 Å².